The van der Waals surface area contributed by atoms with Crippen molar-refractivity contribution in [1.29, 1.82) is 0 Å². The van der Waals surface area contributed by atoms with Crippen molar-refractivity contribution >= 4 is 11.9 Å². The summed E-state index contributed by atoms with van der Waals surface area (Å²) in [5.74, 6) is -1.64. The topological polar surface area (TPSA) is 46.6 Å². The monoisotopic (exact) mass is 163 g/mol. The van der Waals surface area contributed by atoms with Crippen molar-refractivity contribution in [2.75, 3.05) is 19.6 Å². The average Bonchev–Trinajstić information content (AvgIpc) is 2.23. The number of rotatable bonds is 1. The minimum atomic E-state index is -3.12. The fraction of sp³-hybridized carbons (Fsp3) is 0.714. The molecule has 4 nitrogen and oxygen atoms in total. The molecular formula is C7H11NO3. The van der Waals surface area contributed by atoms with Crippen LogP contribution in [-0.4, -0.2) is 36.4 Å². The number of hydrogen-bond donors (Lipinski definition) is 0. The molecule has 0 N–H and O–H groups in total. The van der Waals surface area contributed by atoms with E-state index >= 15 is 0 Å². The van der Waals surface area contributed by atoms with Gasteiger partial charge in [0.15, 0.2) is 5.78 Å². The Balaban J connectivity index is 3.29. The van der Waals surface area contributed by atoms with Crippen LogP contribution in [0.3, 0.4) is 0 Å². The molecule has 1 fully saturated rings. The fourth-order valence-corrected chi connectivity index (χ4v) is 0.543. The third-order valence-electron chi connectivity index (χ3n) is 0.945. The molecule has 62 valence electrons. The molecule has 1 heterocycles. The summed E-state index contributed by atoms with van der Waals surface area (Å²) in [5, 5.41) is 0. The van der Waals surface area contributed by atoms with Crippen molar-refractivity contribution in [3.8, 4) is 0 Å². The van der Waals surface area contributed by atoms with Crippen LogP contribution in [0.5, 0.6) is 0 Å². The summed E-state index contributed by atoms with van der Waals surface area (Å²) in [6.45, 7) is -4.88. The molecule has 0 aromatic rings. The Kier molecular flexibility index (Phi) is 0.957. The number of hydrogen-bond acceptors (Lipinski definition) is 3. The maximum Gasteiger partial charge on any atom is 0.410 e. The summed E-state index contributed by atoms with van der Waals surface area (Å²) in [6, 6.07) is 0. The van der Waals surface area contributed by atoms with Gasteiger partial charge in [0.2, 0.25) is 0 Å². The van der Waals surface area contributed by atoms with E-state index in [-0.39, 0.29) is 11.5 Å². The highest BCUT2D eigenvalue weighted by Crippen LogP contribution is 2.05. The van der Waals surface area contributed by atoms with E-state index in [4.69, 9.17) is 8.22 Å². The summed E-state index contributed by atoms with van der Waals surface area (Å²) < 4.78 is 48.4. The Hall–Kier alpha value is -1.06. The molecule has 0 aromatic carbocycles. The summed E-state index contributed by atoms with van der Waals surface area (Å²) in [5.41, 5.74) is 0. The van der Waals surface area contributed by atoms with Crippen molar-refractivity contribution < 1.29 is 22.6 Å². The molecule has 11 heavy (non-hydrogen) atoms. The Morgan fingerprint density at radius 3 is 3.09 bits per heavy atom. The van der Waals surface area contributed by atoms with Crippen LogP contribution in [0.4, 0.5) is 4.79 Å². The second-order valence-electron chi connectivity index (χ2n) is 1.71. The van der Waals surface area contributed by atoms with Crippen LogP contribution in [-0.2, 0) is 9.53 Å². The summed E-state index contributed by atoms with van der Waals surface area (Å²) in [6.07, 6.45) is -4.53. The van der Waals surface area contributed by atoms with Gasteiger partial charge in [-0.05, 0) is 6.92 Å². The first-order valence-electron chi connectivity index (χ1n) is 6.03. The van der Waals surface area contributed by atoms with Crippen molar-refractivity contribution in [3.63, 3.8) is 0 Å². The van der Waals surface area contributed by atoms with Crippen LogP contribution < -0.4 is 0 Å². The van der Waals surface area contributed by atoms with Gasteiger partial charge < -0.3 is 9.64 Å². The molecule has 0 aliphatic carbocycles. The van der Waals surface area contributed by atoms with Gasteiger partial charge in [0.1, 0.15) is 0 Å². The Morgan fingerprint density at radius 2 is 2.64 bits per heavy atom. The van der Waals surface area contributed by atoms with Crippen molar-refractivity contribution in [2.45, 2.75) is 13.3 Å². The standard InChI is InChI=1S/C7H11NO3/c1-2-11-7(10)8-4-3-6(9)5-8/h2-5H2,1H3/i3D2,4D2,5D2. The van der Waals surface area contributed by atoms with Gasteiger partial charge in [0.25, 0.3) is 0 Å². The van der Waals surface area contributed by atoms with Crippen LogP contribution in [0.15, 0.2) is 0 Å². The highest BCUT2D eigenvalue weighted by molar-refractivity contribution is 5.87. The first kappa shape index (κ1) is 3.13. The Morgan fingerprint density at radius 1 is 1.91 bits per heavy atom. The number of ketones is 1. The minimum Gasteiger partial charge on any atom is -0.450 e. The first-order valence-corrected chi connectivity index (χ1v) is 3.03. The smallest absolute Gasteiger partial charge is 0.410 e. The number of amides is 1. The SMILES string of the molecule is [2H]C1([2H])C(=O)C([2H])([2H])C([2H])([2H])N1C(=O)OCC. The largest absolute Gasteiger partial charge is 0.450 e. The molecule has 0 unspecified atom stereocenters. The van der Waals surface area contributed by atoms with Gasteiger partial charge in [0, 0.05) is 18.4 Å². The summed E-state index contributed by atoms with van der Waals surface area (Å²) in [4.78, 5) is 22.7. The maximum absolute atomic E-state index is 11.4. The maximum atomic E-state index is 11.4. The van der Waals surface area contributed by atoms with Crippen molar-refractivity contribution in [2.24, 2.45) is 0 Å². The molecular weight excluding hydrogens is 146 g/mol. The molecule has 0 saturated carbocycles. The van der Waals surface area contributed by atoms with E-state index in [1.54, 1.807) is 0 Å². The lowest BCUT2D eigenvalue weighted by Crippen LogP contribution is -2.29. The number of carbonyl (C=O) groups is 2. The van der Waals surface area contributed by atoms with Gasteiger partial charge in [-0.3, -0.25) is 4.79 Å². The third kappa shape index (κ3) is 1.93. The minimum absolute atomic E-state index is 0.133. The molecule has 1 amide bonds. The van der Waals surface area contributed by atoms with Crippen LogP contribution >= 0.6 is 0 Å². The van der Waals surface area contributed by atoms with E-state index in [1.807, 2.05) is 0 Å². The van der Waals surface area contributed by atoms with Crippen LogP contribution in [0.1, 0.15) is 21.5 Å². The molecule has 1 saturated heterocycles. The zero-order valence-corrected chi connectivity index (χ0v) is 5.88. The first-order chi connectivity index (χ1) is 7.51. The number of nitrogens with zero attached hydrogens (tertiary/aromatic N) is 1. The molecule has 0 aromatic heterocycles. The van der Waals surface area contributed by atoms with Crippen LogP contribution in [0.25, 0.3) is 0 Å². The predicted octanol–water partition coefficient (Wildman–Crippen LogP) is 0.418. The number of ether oxygens (including phenoxy) is 1. The van der Waals surface area contributed by atoms with E-state index in [1.165, 1.54) is 6.92 Å². The lowest BCUT2D eigenvalue weighted by atomic mass is 10.4. The zero-order valence-electron chi connectivity index (χ0n) is 11.9. The lowest BCUT2D eigenvalue weighted by molar-refractivity contribution is -0.116. The van der Waals surface area contributed by atoms with Crippen molar-refractivity contribution in [1.82, 2.24) is 4.90 Å². The molecule has 0 radical (unpaired) electrons. The van der Waals surface area contributed by atoms with Crippen LogP contribution in [0, 0.1) is 0 Å². The van der Waals surface area contributed by atoms with E-state index in [2.05, 4.69) is 4.74 Å². The van der Waals surface area contributed by atoms with Gasteiger partial charge >= 0.3 is 6.09 Å². The highest BCUT2D eigenvalue weighted by Gasteiger charge is 2.24. The van der Waals surface area contributed by atoms with Gasteiger partial charge in [-0.2, -0.15) is 0 Å². The van der Waals surface area contributed by atoms with Crippen molar-refractivity contribution in [3.05, 3.63) is 0 Å². The molecule has 1 aliphatic rings. The highest BCUT2D eigenvalue weighted by atomic mass is 16.6. The molecule has 1 rings (SSSR count). The second kappa shape index (κ2) is 3.37. The fourth-order valence-electron chi connectivity index (χ4n) is 0.543. The lowest BCUT2D eigenvalue weighted by Gasteiger charge is -2.12. The van der Waals surface area contributed by atoms with Crippen LogP contribution in [0.2, 0.25) is 0 Å². The van der Waals surface area contributed by atoms with Gasteiger partial charge in [-0.15, -0.1) is 0 Å². The zero-order chi connectivity index (χ0) is 13.6. The van der Waals surface area contributed by atoms with Gasteiger partial charge in [-0.1, -0.05) is 0 Å². The quantitative estimate of drug-likeness (QED) is 0.562. The van der Waals surface area contributed by atoms with E-state index < -0.39 is 31.2 Å². The Labute approximate surface area is 73.5 Å². The molecule has 0 atom stereocenters. The number of carbonyl (C=O) groups excluding carboxylic acids is 2. The number of likely N-dealkylation sites (tertiary alicyclic amines) is 1. The average molecular weight is 163 g/mol. The van der Waals surface area contributed by atoms with Gasteiger partial charge in [0.05, 0.1) is 15.8 Å². The molecule has 0 bridgehead atoms. The summed E-state index contributed by atoms with van der Waals surface area (Å²) in [7, 11) is 0. The molecule has 0 spiro atoms. The normalized spacial score (nSPS) is 39.0. The second-order valence-corrected chi connectivity index (χ2v) is 1.71. The summed E-state index contributed by atoms with van der Waals surface area (Å²) >= 11 is 0. The predicted molar refractivity (Wildman–Crippen MR) is 38.2 cm³/mol. The molecule has 4 heteroatoms. The van der Waals surface area contributed by atoms with E-state index in [0.717, 1.165) is 0 Å². The molecule has 1 aliphatic heterocycles. The number of Topliss-reactive ketones (excluding diaryl/α,β-unsaturated/α-hetero) is 1. The van der Waals surface area contributed by atoms with E-state index in [9.17, 15) is 9.59 Å². The Bertz CT molecular complexity index is 369. The van der Waals surface area contributed by atoms with Gasteiger partial charge in [-0.25, -0.2) is 4.79 Å². The third-order valence-corrected chi connectivity index (χ3v) is 0.945. The van der Waals surface area contributed by atoms with E-state index in [0.29, 0.717) is 0 Å².